The van der Waals surface area contributed by atoms with Crippen LogP contribution in [0.1, 0.15) is 19.3 Å². The van der Waals surface area contributed by atoms with Gasteiger partial charge in [-0.15, -0.1) is 11.3 Å². The van der Waals surface area contributed by atoms with Crippen molar-refractivity contribution in [3.8, 4) is 0 Å². The minimum atomic E-state index is 0.0124. The number of nitrogens with zero attached hydrogens (tertiary/aromatic N) is 2. The molecule has 1 saturated heterocycles. The largest absolute Gasteiger partial charge is 0.381 e. The molecule has 0 bridgehead atoms. The third kappa shape index (κ3) is 3.53. The summed E-state index contributed by atoms with van der Waals surface area (Å²) < 4.78 is 7.61. The van der Waals surface area contributed by atoms with E-state index < -0.39 is 0 Å². The van der Waals surface area contributed by atoms with Gasteiger partial charge in [-0.2, -0.15) is 0 Å². The molecule has 1 N–H and O–H groups in total. The molecule has 2 fully saturated rings. The summed E-state index contributed by atoms with van der Waals surface area (Å²) in [6.07, 6.45) is 5.32. The first-order valence-electron chi connectivity index (χ1n) is 8.33. The number of nitrogens with one attached hydrogen (secondary N) is 1. The van der Waals surface area contributed by atoms with Gasteiger partial charge in [0, 0.05) is 30.8 Å². The number of rotatable bonds is 5. The van der Waals surface area contributed by atoms with E-state index >= 15 is 0 Å². The Morgan fingerprint density at radius 3 is 3.04 bits per heavy atom. The maximum Gasteiger partial charge on any atom is 0.322 e. The monoisotopic (exact) mass is 363 g/mol. The van der Waals surface area contributed by atoms with E-state index in [2.05, 4.69) is 10.3 Å². The van der Waals surface area contributed by atoms with Gasteiger partial charge in [-0.1, -0.05) is 11.8 Å². The van der Waals surface area contributed by atoms with Crippen LogP contribution in [-0.2, 0) is 4.74 Å². The lowest BCUT2D eigenvalue weighted by atomic mass is 10.1. The van der Waals surface area contributed by atoms with Crippen molar-refractivity contribution in [2.75, 3.05) is 31.3 Å². The van der Waals surface area contributed by atoms with Crippen LogP contribution in [0.4, 0.5) is 10.5 Å². The molecule has 1 aromatic heterocycles. The summed E-state index contributed by atoms with van der Waals surface area (Å²) >= 11 is 3.31. The number of amides is 2. The van der Waals surface area contributed by atoms with E-state index in [1.165, 1.54) is 0 Å². The fourth-order valence-electron chi connectivity index (χ4n) is 3.05. The Morgan fingerprint density at radius 2 is 2.33 bits per heavy atom. The molecule has 2 aliphatic rings. The summed E-state index contributed by atoms with van der Waals surface area (Å²) in [5.74, 6) is 0.476. The minimum absolute atomic E-state index is 0.0124. The Balaban J connectivity index is 1.46. The highest BCUT2D eigenvalue weighted by Crippen LogP contribution is 2.32. The Kier molecular flexibility index (Phi) is 4.65. The second-order valence-corrected chi connectivity index (χ2v) is 8.49. The van der Waals surface area contributed by atoms with Crippen LogP contribution in [0.5, 0.6) is 0 Å². The SMILES string of the molecule is CSc1nc2ccc(NC(=O)N(C[C@H]3CCOC3)C3CC3)cc2s1. The predicted octanol–water partition coefficient (Wildman–Crippen LogP) is 4.05. The van der Waals surface area contributed by atoms with Crippen molar-refractivity contribution >= 4 is 45.0 Å². The van der Waals surface area contributed by atoms with Crippen LogP contribution in [0.2, 0.25) is 0 Å². The van der Waals surface area contributed by atoms with Gasteiger partial charge in [-0.05, 0) is 43.7 Å². The molecule has 0 radical (unpaired) electrons. The fourth-order valence-corrected chi connectivity index (χ4v) is 4.58. The van der Waals surface area contributed by atoms with Crippen LogP contribution < -0.4 is 5.32 Å². The number of carbonyl (C=O) groups excluding carboxylic acids is 1. The van der Waals surface area contributed by atoms with Gasteiger partial charge in [0.05, 0.1) is 16.8 Å². The van der Waals surface area contributed by atoms with E-state index in [0.717, 1.165) is 59.3 Å². The number of aromatic nitrogens is 1. The highest BCUT2D eigenvalue weighted by Gasteiger charge is 2.34. The van der Waals surface area contributed by atoms with Gasteiger partial charge >= 0.3 is 6.03 Å². The van der Waals surface area contributed by atoms with Crippen molar-refractivity contribution in [2.45, 2.75) is 29.6 Å². The smallest absolute Gasteiger partial charge is 0.322 e. The zero-order valence-corrected chi connectivity index (χ0v) is 15.3. The number of ether oxygens (including phenoxy) is 1. The van der Waals surface area contributed by atoms with Gasteiger partial charge in [0.2, 0.25) is 0 Å². The summed E-state index contributed by atoms with van der Waals surface area (Å²) in [5.41, 5.74) is 1.83. The number of hydrogen-bond donors (Lipinski definition) is 1. The zero-order valence-electron chi connectivity index (χ0n) is 13.7. The van der Waals surface area contributed by atoms with Gasteiger partial charge < -0.3 is 15.0 Å². The number of hydrogen-bond acceptors (Lipinski definition) is 5. The molecule has 2 heterocycles. The van der Waals surface area contributed by atoms with Crippen molar-refractivity contribution in [3.63, 3.8) is 0 Å². The van der Waals surface area contributed by atoms with Crippen molar-refractivity contribution in [1.29, 1.82) is 0 Å². The average Bonchev–Trinajstić information content (AvgIpc) is 3.13. The molecule has 0 spiro atoms. The Morgan fingerprint density at radius 1 is 1.46 bits per heavy atom. The lowest BCUT2D eigenvalue weighted by Crippen LogP contribution is -2.40. The molecule has 1 saturated carbocycles. The van der Waals surface area contributed by atoms with Crippen LogP contribution in [0, 0.1) is 5.92 Å². The lowest BCUT2D eigenvalue weighted by molar-refractivity contribution is 0.167. The number of benzene rings is 1. The molecule has 0 unspecified atom stereocenters. The van der Waals surface area contributed by atoms with Gasteiger partial charge in [0.25, 0.3) is 0 Å². The van der Waals surface area contributed by atoms with Crippen molar-refractivity contribution in [3.05, 3.63) is 18.2 Å². The van der Waals surface area contributed by atoms with Gasteiger partial charge in [0.15, 0.2) is 4.34 Å². The van der Waals surface area contributed by atoms with Crippen LogP contribution >= 0.6 is 23.1 Å². The van der Waals surface area contributed by atoms with E-state index in [1.54, 1.807) is 23.1 Å². The van der Waals surface area contributed by atoms with Crippen LogP contribution in [-0.4, -0.2) is 48.0 Å². The highest BCUT2D eigenvalue weighted by molar-refractivity contribution is 8.00. The van der Waals surface area contributed by atoms with Crippen molar-refractivity contribution in [2.24, 2.45) is 5.92 Å². The Bertz CT molecular complexity index is 739. The topological polar surface area (TPSA) is 54.5 Å². The third-order valence-corrected chi connectivity index (χ3v) is 6.53. The van der Waals surface area contributed by atoms with E-state index in [0.29, 0.717) is 12.0 Å². The Hall–Kier alpha value is -1.31. The van der Waals surface area contributed by atoms with Crippen molar-refractivity contribution < 1.29 is 9.53 Å². The number of carbonyl (C=O) groups is 1. The van der Waals surface area contributed by atoms with Crippen LogP contribution in [0.25, 0.3) is 10.2 Å². The number of anilines is 1. The van der Waals surface area contributed by atoms with Gasteiger partial charge in [-0.3, -0.25) is 0 Å². The van der Waals surface area contributed by atoms with Crippen molar-refractivity contribution in [1.82, 2.24) is 9.88 Å². The molecule has 1 atom stereocenters. The number of urea groups is 1. The van der Waals surface area contributed by atoms with Crippen LogP contribution in [0.15, 0.2) is 22.5 Å². The first kappa shape index (κ1) is 16.2. The molecule has 24 heavy (non-hydrogen) atoms. The first-order chi connectivity index (χ1) is 11.7. The summed E-state index contributed by atoms with van der Waals surface area (Å²) in [7, 11) is 0. The molecule has 5 nitrogen and oxygen atoms in total. The summed E-state index contributed by atoms with van der Waals surface area (Å²) in [6, 6.07) is 6.36. The third-order valence-electron chi connectivity index (χ3n) is 4.52. The lowest BCUT2D eigenvalue weighted by Gasteiger charge is -2.25. The minimum Gasteiger partial charge on any atom is -0.381 e. The zero-order chi connectivity index (χ0) is 16.5. The van der Waals surface area contributed by atoms with E-state index in [9.17, 15) is 4.79 Å². The van der Waals surface area contributed by atoms with Crippen LogP contribution in [0.3, 0.4) is 0 Å². The molecule has 7 heteroatoms. The number of fused-ring (bicyclic) bond motifs is 1. The molecule has 1 aliphatic carbocycles. The standard InChI is InChI=1S/C17H21N3O2S2/c1-23-17-19-14-5-2-12(8-15(14)24-17)18-16(21)20(13-3-4-13)9-11-6-7-22-10-11/h2,5,8,11,13H,3-4,6-7,9-10H2,1H3,(H,18,21)/t11-/m1/s1. The maximum absolute atomic E-state index is 12.7. The number of thioether (sulfide) groups is 1. The summed E-state index contributed by atoms with van der Waals surface area (Å²) in [4.78, 5) is 19.3. The Labute approximate surface area is 149 Å². The normalized spacial score (nSPS) is 20.5. The average molecular weight is 364 g/mol. The molecule has 1 aliphatic heterocycles. The molecule has 2 aromatic rings. The predicted molar refractivity (Wildman–Crippen MR) is 99.1 cm³/mol. The molecule has 4 rings (SSSR count). The second-order valence-electron chi connectivity index (χ2n) is 6.41. The van der Waals surface area contributed by atoms with E-state index in [-0.39, 0.29) is 6.03 Å². The molecule has 2 amide bonds. The van der Waals surface area contributed by atoms with Gasteiger partial charge in [-0.25, -0.2) is 9.78 Å². The quantitative estimate of drug-likeness (QED) is 0.814. The van der Waals surface area contributed by atoms with E-state index in [4.69, 9.17) is 4.74 Å². The van der Waals surface area contributed by atoms with Gasteiger partial charge in [0.1, 0.15) is 0 Å². The molecular formula is C17H21N3O2S2. The van der Waals surface area contributed by atoms with E-state index in [1.807, 2.05) is 29.4 Å². The molecule has 128 valence electrons. The summed E-state index contributed by atoms with van der Waals surface area (Å²) in [5, 5.41) is 3.07. The maximum atomic E-state index is 12.7. The molecular weight excluding hydrogens is 342 g/mol. The first-order valence-corrected chi connectivity index (χ1v) is 10.4. The molecule has 1 aromatic carbocycles. The number of thiazole rings is 1. The summed E-state index contributed by atoms with van der Waals surface area (Å²) in [6.45, 7) is 2.40. The second kappa shape index (κ2) is 6.90. The fraction of sp³-hybridized carbons (Fsp3) is 0.529. The highest BCUT2D eigenvalue weighted by atomic mass is 32.2.